The van der Waals surface area contributed by atoms with Crippen LogP contribution in [0, 0.1) is 0 Å². The summed E-state index contributed by atoms with van der Waals surface area (Å²) in [7, 11) is 0. The highest BCUT2D eigenvalue weighted by atomic mass is 16.5. The number of carbonyl (C=O) groups excluding carboxylic acids is 1. The van der Waals surface area contributed by atoms with E-state index in [9.17, 15) is 4.79 Å². The molecule has 2 rings (SSSR count). The summed E-state index contributed by atoms with van der Waals surface area (Å²) in [4.78, 5) is 13.0. The van der Waals surface area contributed by atoms with E-state index in [1.54, 1.807) is 0 Å². The van der Waals surface area contributed by atoms with Crippen LogP contribution in [0.4, 0.5) is 5.69 Å². The van der Waals surface area contributed by atoms with Crippen LogP contribution in [0.2, 0.25) is 0 Å². The number of hydrogen-bond donors (Lipinski definition) is 0. The van der Waals surface area contributed by atoms with Gasteiger partial charge < -0.3 is 9.64 Å². The molecule has 1 aromatic rings. The summed E-state index contributed by atoms with van der Waals surface area (Å²) >= 11 is 0. The third-order valence-electron chi connectivity index (χ3n) is 3.30. The van der Waals surface area contributed by atoms with Crippen LogP contribution in [0.15, 0.2) is 24.3 Å². The molecule has 92 valence electrons. The summed E-state index contributed by atoms with van der Waals surface area (Å²) in [5, 5.41) is 0. The summed E-state index contributed by atoms with van der Waals surface area (Å²) < 4.78 is 5.68. The summed E-state index contributed by atoms with van der Waals surface area (Å²) in [5.74, 6) is 0. The first-order chi connectivity index (χ1) is 8.24. The van der Waals surface area contributed by atoms with Crippen molar-refractivity contribution in [1.82, 2.24) is 0 Å². The Morgan fingerprint density at radius 2 is 2.12 bits per heavy atom. The highest BCUT2D eigenvalue weighted by molar-refractivity contribution is 5.75. The lowest BCUT2D eigenvalue weighted by molar-refractivity contribution is 0.0299. The number of rotatable bonds is 3. The lowest BCUT2D eigenvalue weighted by atomic mass is 10.1. The first-order valence-corrected chi connectivity index (χ1v) is 6.18. The first kappa shape index (κ1) is 12.1. The van der Waals surface area contributed by atoms with Crippen molar-refractivity contribution in [3.05, 3.63) is 29.8 Å². The molecule has 17 heavy (non-hydrogen) atoms. The van der Waals surface area contributed by atoms with Crippen molar-refractivity contribution in [3.8, 4) is 0 Å². The molecule has 1 heterocycles. The Hall–Kier alpha value is -1.35. The highest BCUT2D eigenvalue weighted by Crippen LogP contribution is 2.23. The van der Waals surface area contributed by atoms with E-state index < -0.39 is 0 Å². The van der Waals surface area contributed by atoms with Gasteiger partial charge in [0.05, 0.1) is 18.8 Å². The van der Waals surface area contributed by atoms with E-state index in [4.69, 9.17) is 4.74 Å². The molecule has 1 aromatic carbocycles. The number of anilines is 1. The Kier molecular flexibility index (Phi) is 3.79. The Bertz CT molecular complexity index is 374. The molecule has 1 aliphatic rings. The van der Waals surface area contributed by atoms with Crippen LogP contribution >= 0.6 is 0 Å². The highest BCUT2D eigenvalue weighted by Gasteiger charge is 2.25. The van der Waals surface area contributed by atoms with Crippen LogP contribution < -0.4 is 4.90 Å². The average Bonchev–Trinajstić information content (AvgIpc) is 2.39. The van der Waals surface area contributed by atoms with Gasteiger partial charge in [-0.3, -0.25) is 4.79 Å². The molecule has 0 N–H and O–H groups in total. The molecule has 0 bridgehead atoms. The van der Waals surface area contributed by atoms with Gasteiger partial charge in [0.15, 0.2) is 0 Å². The molecule has 0 radical (unpaired) electrons. The smallest absolute Gasteiger partial charge is 0.150 e. The SMILES string of the molecule is CCC1COC(C)CN1c1ccc(C=O)cc1. The van der Waals surface area contributed by atoms with Gasteiger partial charge in [-0.1, -0.05) is 6.92 Å². The molecule has 1 aliphatic heterocycles. The monoisotopic (exact) mass is 233 g/mol. The maximum atomic E-state index is 10.6. The fraction of sp³-hybridized carbons (Fsp3) is 0.500. The van der Waals surface area contributed by atoms with Crippen LogP contribution in [0.3, 0.4) is 0 Å². The zero-order valence-electron chi connectivity index (χ0n) is 10.4. The average molecular weight is 233 g/mol. The summed E-state index contributed by atoms with van der Waals surface area (Å²) in [6.07, 6.45) is 2.22. The maximum Gasteiger partial charge on any atom is 0.150 e. The molecule has 2 atom stereocenters. The minimum atomic E-state index is 0.267. The molecule has 0 aliphatic carbocycles. The van der Waals surface area contributed by atoms with Gasteiger partial charge in [0.1, 0.15) is 6.29 Å². The second kappa shape index (κ2) is 5.32. The standard InChI is InChI=1S/C14H19NO2/c1-3-13-10-17-11(2)8-15(13)14-6-4-12(9-16)5-7-14/h4-7,9,11,13H,3,8,10H2,1-2H3. The van der Waals surface area contributed by atoms with Crippen molar-refractivity contribution in [1.29, 1.82) is 0 Å². The van der Waals surface area contributed by atoms with Gasteiger partial charge >= 0.3 is 0 Å². The zero-order chi connectivity index (χ0) is 12.3. The summed E-state index contributed by atoms with van der Waals surface area (Å²) in [6, 6.07) is 8.22. The molecular formula is C14H19NO2. The Balaban J connectivity index is 2.19. The van der Waals surface area contributed by atoms with Gasteiger partial charge in [0, 0.05) is 17.8 Å². The molecule has 0 saturated carbocycles. The van der Waals surface area contributed by atoms with Crippen molar-refractivity contribution < 1.29 is 9.53 Å². The number of aldehydes is 1. The molecule has 3 nitrogen and oxygen atoms in total. The maximum absolute atomic E-state index is 10.6. The van der Waals surface area contributed by atoms with Gasteiger partial charge in [-0.15, -0.1) is 0 Å². The van der Waals surface area contributed by atoms with E-state index in [1.807, 2.05) is 24.3 Å². The van der Waals surface area contributed by atoms with Gasteiger partial charge in [0.2, 0.25) is 0 Å². The van der Waals surface area contributed by atoms with Crippen LogP contribution in [-0.4, -0.2) is 31.6 Å². The Labute approximate surface area is 102 Å². The van der Waals surface area contributed by atoms with Crippen molar-refractivity contribution in [2.75, 3.05) is 18.1 Å². The zero-order valence-corrected chi connectivity index (χ0v) is 10.4. The van der Waals surface area contributed by atoms with Crippen molar-refractivity contribution in [2.45, 2.75) is 32.4 Å². The topological polar surface area (TPSA) is 29.5 Å². The number of benzene rings is 1. The summed E-state index contributed by atoms with van der Waals surface area (Å²) in [5.41, 5.74) is 1.90. The second-order valence-electron chi connectivity index (χ2n) is 4.57. The largest absolute Gasteiger partial charge is 0.375 e. The van der Waals surface area contributed by atoms with Crippen LogP contribution in [0.1, 0.15) is 30.6 Å². The quantitative estimate of drug-likeness (QED) is 0.751. The summed E-state index contributed by atoms with van der Waals surface area (Å²) in [6.45, 7) is 5.97. The molecule has 1 fully saturated rings. The third-order valence-corrected chi connectivity index (χ3v) is 3.30. The molecule has 1 saturated heterocycles. The van der Waals surface area contributed by atoms with Gasteiger partial charge in [-0.2, -0.15) is 0 Å². The number of morpholine rings is 1. The van der Waals surface area contributed by atoms with E-state index >= 15 is 0 Å². The van der Waals surface area contributed by atoms with Crippen LogP contribution in [-0.2, 0) is 4.74 Å². The van der Waals surface area contributed by atoms with E-state index in [1.165, 1.54) is 5.69 Å². The van der Waals surface area contributed by atoms with Crippen LogP contribution in [0.5, 0.6) is 0 Å². The minimum Gasteiger partial charge on any atom is -0.375 e. The number of carbonyl (C=O) groups is 1. The van der Waals surface area contributed by atoms with Crippen molar-refractivity contribution in [2.24, 2.45) is 0 Å². The van der Waals surface area contributed by atoms with Crippen molar-refractivity contribution >= 4 is 12.0 Å². The molecular weight excluding hydrogens is 214 g/mol. The molecule has 0 spiro atoms. The molecule has 3 heteroatoms. The number of nitrogens with zero attached hydrogens (tertiary/aromatic N) is 1. The van der Waals surface area contributed by atoms with E-state index in [0.717, 1.165) is 31.4 Å². The van der Waals surface area contributed by atoms with Gasteiger partial charge in [0.25, 0.3) is 0 Å². The Morgan fingerprint density at radius 1 is 1.41 bits per heavy atom. The normalized spacial score (nSPS) is 24.7. The van der Waals surface area contributed by atoms with Crippen molar-refractivity contribution in [3.63, 3.8) is 0 Å². The second-order valence-corrected chi connectivity index (χ2v) is 4.57. The fourth-order valence-corrected chi connectivity index (χ4v) is 2.24. The predicted octanol–water partition coefficient (Wildman–Crippen LogP) is 2.50. The fourth-order valence-electron chi connectivity index (χ4n) is 2.24. The van der Waals surface area contributed by atoms with E-state index in [0.29, 0.717) is 6.04 Å². The first-order valence-electron chi connectivity index (χ1n) is 6.18. The predicted molar refractivity (Wildman–Crippen MR) is 68.7 cm³/mol. The number of hydrogen-bond acceptors (Lipinski definition) is 3. The third kappa shape index (κ3) is 2.67. The lowest BCUT2D eigenvalue weighted by Gasteiger charge is -2.40. The molecule has 2 unspecified atom stereocenters. The minimum absolute atomic E-state index is 0.267. The van der Waals surface area contributed by atoms with Gasteiger partial charge in [-0.05, 0) is 37.6 Å². The van der Waals surface area contributed by atoms with E-state index in [-0.39, 0.29) is 6.10 Å². The molecule has 0 aromatic heterocycles. The molecule has 0 amide bonds. The lowest BCUT2D eigenvalue weighted by Crippen LogP contribution is -2.48. The van der Waals surface area contributed by atoms with Gasteiger partial charge in [-0.25, -0.2) is 0 Å². The van der Waals surface area contributed by atoms with Crippen LogP contribution in [0.25, 0.3) is 0 Å². The number of ether oxygens (including phenoxy) is 1. The Morgan fingerprint density at radius 3 is 2.71 bits per heavy atom. The van der Waals surface area contributed by atoms with E-state index in [2.05, 4.69) is 18.7 Å².